The molecular formula is C26H25FN2O5. The Hall–Kier alpha value is -4.20. The normalized spacial score (nSPS) is 11.8. The largest absolute Gasteiger partial charge is 0.493 e. The molecule has 0 unspecified atom stereocenters. The van der Waals surface area contributed by atoms with Gasteiger partial charge in [-0.25, -0.2) is 4.39 Å². The highest BCUT2D eigenvalue weighted by atomic mass is 19.1. The van der Waals surface area contributed by atoms with E-state index in [1.807, 2.05) is 50.2 Å². The van der Waals surface area contributed by atoms with Gasteiger partial charge in [-0.2, -0.15) is 0 Å². The Bertz CT molecular complexity index is 1210. The van der Waals surface area contributed by atoms with Crippen molar-refractivity contribution >= 4 is 17.6 Å². The van der Waals surface area contributed by atoms with Crippen LogP contribution in [0.5, 0.6) is 17.2 Å². The lowest BCUT2D eigenvalue weighted by Crippen LogP contribution is -2.03. The molecule has 0 amide bonds. The van der Waals surface area contributed by atoms with Crippen LogP contribution in [0.2, 0.25) is 0 Å². The Morgan fingerprint density at radius 1 is 1.03 bits per heavy atom. The number of hydrogen-bond donors (Lipinski definition) is 0. The number of methoxy groups -OCH3 is 1. The summed E-state index contributed by atoms with van der Waals surface area (Å²) in [6.07, 6.45) is 3.50. The molecule has 1 heterocycles. The lowest BCUT2D eigenvalue weighted by Gasteiger charge is -2.15. The van der Waals surface area contributed by atoms with E-state index in [0.717, 1.165) is 17.2 Å². The Kier molecular flexibility index (Phi) is 8.34. The van der Waals surface area contributed by atoms with Crippen molar-refractivity contribution in [2.24, 2.45) is 4.99 Å². The molecular weight excluding hydrogens is 439 g/mol. The molecule has 0 radical (unpaired) electrons. The van der Waals surface area contributed by atoms with Crippen molar-refractivity contribution in [3.05, 3.63) is 99.6 Å². The summed E-state index contributed by atoms with van der Waals surface area (Å²) < 4.78 is 31.3. The first-order valence-corrected chi connectivity index (χ1v) is 10.8. The fourth-order valence-electron chi connectivity index (χ4n) is 3.21. The van der Waals surface area contributed by atoms with Gasteiger partial charge in [-0.3, -0.25) is 15.1 Å². The van der Waals surface area contributed by atoms with E-state index in [1.165, 1.54) is 12.1 Å². The minimum Gasteiger partial charge on any atom is -0.493 e. The van der Waals surface area contributed by atoms with Gasteiger partial charge in [0.25, 0.3) is 5.69 Å². The molecule has 1 aliphatic heterocycles. The summed E-state index contributed by atoms with van der Waals surface area (Å²) in [7, 11) is 1.55. The highest BCUT2D eigenvalue weighted by Crippen LogP contribution is 2.37. The number of nitrogens with zero attached hydrogens (tertiary/aromatic N) is 2. The van der Waals surface area contributed by atoms with Crippen LogP contribution in [0.1, 0.15) is 25.0 Å². The first-order chi connectivity index (χ1) is 16.5. The van der Waals surface area contributed by atoms with Crippen molar-refractivity contribution in [1.82, 2.24) is 0 Å². The van der Waals surface area contributed by atoms with Crippen molar-refractivity contribution in [1.29, 1.82) is 0 Å². The van der Waals surface area contributed by atoms with E-state index in [4.69, 9.17) is 14.2 Å². The number of rotatable bonds is 7. The summed E-state index contributed by atoms with van der Waals surface area (Å²) in [4.78, 5) is 14.6. The van der Waals surface area contributed by atoms with Gasteiger partial charge in [0.2, 0.25) is 0 Å². The van der Waals surface area contributed by atoms with Crippen LogP contribution in [0.15, 0.2) is 77.5 Å². The topological polar surface area (TPSA) is 83.2 Å². The predicted molar refractivity (Wildman–Crippen MR) is 129 cm³/mol. The number of fused-ring (bicyclic) bond motifs is 1. The number of allylic oxidation sites excluding steroid dienone is 2. The molecule has 34 heavy (non-hydrogen) atoms. The summed E-state index contributed by atoms with van der Waals surface area (Å²) in [6.45, 7) is 4.38. The third-order valence-corrected chi connectivity index (χ3v) is 4.81. The van der Waals surface area contributed by atoms with Crippen LogP contribution in [0, 0.1) is 15.9 Å². The maximum atomic E-state index is 14.2. The Balaban J connectivity index is 0.00000158. The molecule has 7 nitrogen and oxygen atoms in total. The van der Waals surface area contributed by atoms with Crippen LogP contribution in [-0.2, 0) is 13.0 Å². The minimum atomic E-state index is -0.816. The molecule has 0 fully saturated rings. The average molecular weight is 464 g/mol. The van der Waals surface area contributed by atoms with E-state index < -0.39 is 10.7 Å². The first kappa shape index (κ1) is 24.4. The van der Waals surface area contributed by atoms with Crippen molar-refractivity contribution in [2.75, 3.05) is 7.11 Å². The van der Waals surface area contributed by atoms with Gasteiger partial charge in [0, 0.05) is 24.8 Å². The van der Waals surface area contributed by atoms with Gasteiger partial charge in [0.1, 0.15) is 12.4 Å². The molecule has 1 aliphatic rings. The molecule has 0 aliphatic carbocycles. The van der Waals surface area contributed by atoms with E-state index in [1.54, 1.807) is 25.5 Å². The second-order valence-corrected chi connectivity index (χ2v) is 6.97. The molecule has 8 heteroatoms. The van der Waals surface area contributed by atoms with E-state index in [-0.39, 0.29) is 11.4 Å². The summed E-state index contributed by atoms with van der Waals surface area (Å²) in [5.41, 5.74) is 2.16. The maximum absolute atomic E-state index is 14.2. The Morgan fingerprint density at radius 3 is 2.47 bits per heavy atom. The number of non-ortho nitro benzene ring substituents is 1. The summed E-state index contributed by atoms with van der Waals surface area (Å²) in [5.74, 6) is 0.605. The van der Waals surface area contributed by atoms with Gasteiger partial charge < -0.3 is 14.2 Å². The monoisotopic (exact) mass is 464 g/mol. The fourth-order valence-corrected chi connectivity index (χ4v) is 3.21. The molecule has 0 spiro atoms. The third kappa shape index (κ3) is 5.98. The van der Waals surface area contributed by atoms with E-state index >= 15 is 0 Å². The summed E-state index contributed by atoms with van der Waals surface area (Å²) >= 11 is 0. The van der Waals surface area contributed by atoms with Gasteiger partial charge in [0.05, 0.1) is 23.8 Å². The van der Waals surface area contributed by atoms with Crippen LogP contribution in [0.4, 0.5) is 15.8 Å². The highest BCUT2D eigenvalue weighted by molar-refractivity contribution is 5.78. The molecule has 176 valence electrons. The number of hydrogen-bond acceptors (Lipinski definition) is 6. The van der Waals surface area contributed by atoms with Crippen molar-refractivity contribution in [3.8, 4) is 17.2 Å². The third-order valence-electron chi connectivity index (χ3n) is 4.81. The van der Waals surface area contributed by atoms with Crippen molar-refractivity contribution in [2.45, 2.75) is 26.9 Å². The second kappa shape index (κ2) is 11.6. The van der Waals surface area contributed by atoms with E-state index in [0.29, 0.717) is 36.0 Å². The number of benzene rings is 3. The molecule has 4 rings (SSSR count). The number of aliphatic imine (C=N–C) groups is 1. The van der Waals surface area contributed by atoms with Gasteiger partial charge in [-0.05, 0) is 29.3 Å². The fraction of sp³-hybridized carbons (Fsp3) is 0.192. The average Bonchev–Trinajstić information content (AvgIpc) is 3.06. The Labute approximate surface area is 197 Å². The molecule has 3 aromatic rings. The summed E-state index contributed by atoms with van der Waals surface area (Å²) in [5, 5.41) is 10.8. The maximum Gasteiger partial charge on any atom is 0.272 e. The zero-order chi connectivity index (χ0) is 24.5. The lowest BCUT2D eigenvalue weighted by atomic mass is 10.1. The number of nitro groups is 1. The number of ether oxygens (including phenoxy) is 3. The van der Waals surface area contributed by atoms with Crippen LogP contribution in [-0.4, -0.2) is 18.2 Å². The van der Waals surface area contributed by atoms with Crippen LogP contribution in [0.25, 0.3) is 0 Å². The molecule has 0 bridgehead atoms. The zero-order valence-electron chi connectivity index (χ0n) is 19.2. The number of nitro benzene ring substituents is 1. The summed E-state index contributed by atoms with van der Waals surface area (Å²) in [6, 6.07) is 16.6. The highest BCUT2D eigenvalue weighted by Gasteiger charge is 2.18. The molecule has 0 saturated carbocycles. The standard InChI is InChI=1S/C24H19FN2O5.C2H6/c1-30-23-12-17-11-19(32-22-8-7-18(27(28)29)13-20(22)25)9-10-26-21(17)14-24(23)31-15-16-5-3-2-4-6-16;1-2/h2-10,12-14H,11,15H2,1H3;1-2H3. The second-order valence-electron chi connectivity index (χ2n) is 6.97. The van der Waals surface area contributed by atoms with Gasteiger partial charge >= 0.3 is 0 Å². The van der Waals surface area contributed by atoms with Crippen molar-refractivity contribution < 1.29 is 23.5 Å². The quantitative estimate of drug-likeness (QED) is 0.292. The zero-order valence-corrected chi connectivity index (χ0v) is 19.2. The molecule has 0 saturated heterocycles. The smallest absolute Gasteiger partial charge is 0.272 e. The molecule has 0 aromatic heterocycles. The van der Waals surface area contributed by atoms with Crippen molar-refractivity contribution in [3.63, 3.8) is 0 Å². The van der Waals surface area contributed by atoms with Crippen LogP contribution >= 0.6 is 0 Å². The molecule has 0 atom stereocenters. The van der Waals surface area contributed by atoms with E-state index in [2.05, 4.69) is 4.99 Å². The molecule has 3 aromatic carbocycles. The lowest BCUT2D eigenvalue weighted by molar-refractivity contribution is -0.385. The SMILES string of the molecule is CC.COc1cc2c(cc1OCc1ccccc1)N=CC=C(Oc1ccc([N+](=O)[O-])cc1F)C2. The minimum absolute atomic E-state index is 0.103. The number of halogens is 1. The van der Waals surface area contributed by atoms with Crippen LogP contribution in [0.3, 0.4) is 0 Å². The van der Waals surface area contributed by atoms with Gasteiger partial charge in [0.15, 0.2) is 23.1 Å². The van der Waals surface area contributed by atoms with E-state index in [9.17, 15) is 14.5 Å². The Morgan fingerprint density at radius 2 is 1.79 bits per heavy atom. The molecule has 0 N–H and O–H groups in total. The van der Waals surface area contributed by atoms with Crippen LogP contribution < -0.4 is 14.2 Å². The van der Waals surface area contributed by atoms with Gasteiger partial charge in [-0.15, -0.1) is 0 Å². The first-order valence-electron chi connectivity index (χ1n) is 10.8. The predicted octanol–water partition coefficient (Wildman–Crippen LogP) is 6.57. The van der Waals surface area contributed by atoms with Gasteiger partial charge in [-0.1, -0.05) is 44.2 Å².